The maximum absolute atomic E-state index is 13.5. The van der Waals surface area contributed by atoms with Crippen molar-refractivity contribution in [1.29, 1.82) is 0 Å². The van der Waals surface area contributed by atoms with Gasteiger partial charge in [-0.05, 0) is 27.7 Å². The van der Waals surface area contributed by atoms with Gasteiger partial charge in [0.05, 0.1) is 6.61 Å². The number of hydrogen-bond acceptors (Lipinski definition) is 4. The first-order valence-corrected chi connectivity index (χ1v) is 6.93. The Kier molecular flexibility index (Phi) is 7.11. The van der Waals surface area contributed by atoms with Gasteiger partial charge in [-0.25, -0.2) is 9.59 Å². The molecule has 25 heavy (non-hydrogen) atoms. The van der Waals surface area contributed by atoms with E-state index in [-0.39, 0.29) is 6.61 Å². The van der Waals surface area contributed by atoms with Crippen molar-refractivity contribution in [3.63, 3.8) is 0 Å². The number of alkyl halides is 7. The van der Waals surface area contributed by atoms with Crippen LogP contribution in [-0.2, 0) is 14.3 Å². The summed E-state index contributed by atoms with van der Waals surface area (Å²) >= 11 is 0. The van der Waals surface area contributed by atoms with Crippen LogP contribution in [-0.4, -0.2) is 48.3 Å². The van der Waals surface area contributed by atoms with E-state index in [1.165, 1.54) is 33.0 Å². The third-order valence-corrected chi connectivity index (χ3v) is 2.54. The predicted octanol–water partition coefficient (Wildman–Crippen LogP) is 3.67. The van der Waals surface area contributed by atoms with E-state index in [9.17, 15) is 40.3 Å². The average molecular weight is 385 g/mol. The van der Waals surface area contributed by atoms with Gasteiger partial charge in [0.1, 0.15) is 11.6 Å². The molecule has 0 radical (unpaired) electrons. The molecule has 0 heterocycles. The molecular formula is C13H18F7NO4. The molecule has 0 spiro atoms. The highest BCUT2D eigenvalue weighted by Crippen LogP contribution is 2.48. The second kappa shape index (κ2) is 7.65. The molecule has 0 aromatic heterocycles. The van der Waals surface area contributed by atoms with E-state index in [4.69, 9.17) is 0 Å². The number of hydrogen-bond donors (Lipinski definition) is 1. The van der Waals surface area contributed by atoms with Crippen LogP contribution in [0.15, 0.2) is 0 Å². The van der Waals surface area contributed by atoms with Gasteiger partial charge in [0.15, 0.2) is 0 Å². The van der Waals surface area contributed by atoms with E-state index < -0.39 is 48.1 Å². The highest BCUT2D eigenvalue weighted by Gasteiger charge is 2.73. The highest BCUT2D eigenvalue weighted by atomic mass is 19.4. The Hall–Kier alpha value is -1.75. The Labute approximate surface area is 138 Å². The first kappa shape index (κ1) is 23.2. The van der Waals surface area contributed by atoms with Gasteiger partial charge in [-0.3, -0.25) is 0 Å². The first-order valence-electron chi connectivity index (χ1n) is 6.93. The van der Waals surface area contributed by atoms with Crippen LogP contribution in [0, 0.1) is 0 Å². The monoisotopic (exact) mass is 385 g/mol. The lowest BCUT2D eigenvalue weighted by Crippen LogP contribution is -2.56. The van der Waals surface area contributed by atoms with Crippen LogP contribution < -0.4 is 5.32 Å². The van der Waals surface area contributed by atoms with E-state index in [1.54, 1.807) is 0 Å². The number of amides is 1. The lowest BCUT2D eigenvalue weighted by Gasteiger charge is -2.30. The Morgan fingerprint density at radius 2 is 1.48 bits per heavy atom. The zero-order chi connectivity index (χ0) is 20.3. The molecule has 0 aliphatic carbocycles. The molecule has 0 fully saturated rings. The number of alkyl carbamates (subject to hydrolysis) is 1. The summed E-state index contributed by atoms with van der Waals surface area (Å²) < 4.78 is 98.3. The summed E-state index contributed by atoms with van der Waals surface area (Å²) in [4.78, 5) is 23.1. The van der Waals surface area contributed by atoms with Crippen LogP contribution in [0.5, 0.6) is 0 Å². The van der Waals surface area contributed by atoms with Crippen LogP contribution in [0.25, 0.3) is 0 Å². The Morgan fingerprint density at radius 3 is 1.84 bits per heavy atom. The summed E-state index contributed by atoms with van der Waals surface area (Å²) in [6.07, 6.45) is -10.4. The summed E-state index contributed by atoms with van der Waals surface area (Å²) in [7, 11) is 0. The van der Waals surface area contributed by atoms with Crippen molar-refractivity contribution >= 4 is 12.1 Å². The van der Waals surface area contributed by atoms with E-state index in [2.05, 4.69) is 9.47 Å². The molecule has 1 unspecified atom stereocenters. The Balaban J connectivity index is 5.44. The standard InChI is InChI=1S/C13H18F7NO4/c1-5-24-8(22)7(21-9(23)25-10(2,3)4)6-11(14,15)12(16,17)13(18,19)20/h7H,5-6H2,1-4H3,(H,21,23). The molecule has 0 bridgehead atoms. The normalized spacial score (nSPS) is 14.7. The third kappa shape index (κ3) is 6.58. The van der Waals surface area contributed by atoms with E-state index >= 15 is 0 Å². The molecule has 0 saturated heterocycles. The molecule has 0 aliphatic heterocycles. The van der Waals surface area contributed by atoms with Crippen LogP contribution in [0.1, 0.15) is 34.1 Å². The van der Waals surface area contributed by atoms with Gasteiger partial charge in [-0.2, -0.15) is 30.7 Å². The molecule has 0 aliphatic rings. The molecule has 0 saturated carbocycles. The molecule has 5 nitrogen and oxygen atoms in total. The van der Waals surface area contributed by atoms with Crippen LogP contribution in [0.4, 0.5) is 35.5 Å². The number of nitrogens with one attached hydrogen (secondary N) is 1. The highest BCUT2D eigenvalue weighted by molar-refractivity contribution is 5.81. The number of halogens is 7. The van der Waals surface area contributed by atoms with Crippen LogP contribution in [0.2, 0.25) is 0 Å². The summed E-state index contributed by atoms with van der Waals surface area (Å²) in [6, 6.07) is -2.47. The number of rotatable bonds is 6. The number of ether oxygens (including phenoxy) is 2. The molecule has 0 aromatic carbocycles. The fourth-order valence-electron chi connectivity index (χ4n) is 1.48. The number of esters is 1. The van der Waals surface area contributed by atoms with Crippen molar-refractivity contribution in [2.24, 2.45) is 0 Å². The van der Waals surface area contributed by atoms with Gasteiger partial charge >= 0.3 is 30.1 Å². The summed E-state index contributed by atoms with van der Waals surface area (Å²) in [5.74, 6) is -13.7. The van der Waals surface area contributed by atoms with Gasteiger partial charge in [-0.1, -0.05) is 0 Å². The van der Waals surface area contributed by atoms with Crippen molar-refractivity contribution in [2.45, 2.75) is 63.8 Å². The number of carbonyl (C=O) groups excluding carboxylic acids is 2. The second-order valence-corrected chi connectivity index (χ2v) is 5.93. The van der Waals surface area contributed by atoms with Gasteiger partial charge in [0.25, 0.3) is 0 Å². The topological polar surface area (TPSA) is 64.6 Å². The minimum atomic E-state index is -6.55. The van der Waals surface area contributed by atoms with Crippen molar-refractivity contribution in [1.82, 2.24) is 5.32 Å². The molecule has 12 heteroatoms. The van der Waals surface area contributed by atoms with E-state index in [0.717, 1.165) is 0 Å². The summed E-state index contributed by atoms with van der Waals surface area (Å²) in [6.45, 7) is 4.98. The van der Waals surface area contributed by atoms with Crippen molar-refractivity contribution < 1.29 is 49.8 Å². The van der Waals surface area contributed by atoms with Gasteiger partial charge < -0.3 is 14.8 Å². The lowest BCUT2D eigenvalue weighted by molar-refractivity contribution is -0.356. The first-order chi connectivity index (χ1) is 10.9. The zero-order valence-electron chi connectivity index (χ0n) is 13.8. The number of carbonyl (C=O) groups is 2. The fourth-order valence-corrected chi connectivity index (χ4v) is 1.48. The van der Waals surface area contributed by atoms with Crippen molar-refractivity contribution in [3.05, 3.63) is 0 Å². The zero-order valence-corrected chi connectivity index (χ0v) is 13.8. The van der Waals surface area contributed by atoms with Crippen molar-refractivity contribution in [3.8, 4) is 0 Å². The van der Waals surface area contributed by atoms with Crippen LogP contribution >= 0.6 is 0 Å². The minimum absolute atomic E-state index is 0.382. The fraction of sp³-hybridized carbons (Fsp3) is 0.846. The minimum Gasteiger partial charge on any atom is -0.464 e. The largest absolute Gasteiger partial charge is 0.464 e. The average Bonchev–Trinajstić information content (AvgIpc) is 2.33. The predicted molar refractivity (Wildman–Crippen MR) is 70.4 cm³/mol. The van der Waals surface area contributed by atoms with Gasteiger partial charge in [-0.15, -0.1) is 0 Å². The molecule has 0 aromatic rings. The summed E-state index contributed by atoms with van der Waals surface area (Å²) in [5, 5.41) is 1.52. The summed E-state index contributed by atoms with van der Waals surface area (Å²) in [5.41, 5.74) is -1.14. The molecule has 1 atom stereocenters. The van der Waals surface area contributed by atoms with E-state index in [1.807, 2.05) is 0 Å². The molecule has 1 amide bonds. The van der Waals surface area contributed by atoms with Crippen molar-refractivity contribution in [2.75, 3.05) is 6.61 Å². The quantitative estimate of drug-likeness (QED) is 0.560. The molecular weight excluding hydrogens is 367 g/mol. The lowest BCUT2D eigenvalue weighted by atomic mass is 10.0. The Morgan fingerprint density at radius 1 is 1.00 bits per heavy atom. The molecule has 148 valence electrons. The smallest absolute Gasteiger partial charge is 0.459 e. The van der Waals surface area contributed by atoms with Gasteiger partial charge in [0, 0.05) is 6.42 Å². The molecule has 1 N–H and O–H groups in total. The Bertz CT molecular complexity index is 486. The second-order valence-electron chi connectivity index (χ2n) is 5.93. The van der Waals surface area contributed by atoms with E-state index in [0.29, 0.717) is 0 Å². The maximum atomic E-state index is 13.5. The van der Waals surface area contributed by atoms with Gasteiger partial charge in [0.2, 0.25) is 0 Å². The SMILES string of the molecule is CCOC(=O)C(CC(F)(F)C(F)(F)C(F)(F)F)NC(=O)OC(C)(C)C. The van der Waals surface area contributed by atoms with Crippen LogP contribution in [0.3, 0.4) is 0 Å². The third-order valence-electron chi connectivity index (χ3n) is 2.54. The molecule has 0 rings (SSSR count). The maximum Gasteiger partial charge on any atom is 0.459 e.